The molecule has 0 spiro atoms. The van der Waals surface area contributed by atoms with E-state index >= 15 is 0 Å². The predicted molar refractivity (Wildman–Crippen MR) is 104 cm³/mol. The highest BCUT2D eigenvalue weighted by atomic mass is 16.3. The first-order valence-corrected chi connectivity index (χ1v) is 10.3. The van der Waals surface area contributed by atoms with Crippen LogP contribution in [0.4, 0.5) is 0 Å². The first-order valence-electron chi connectivity index (χ1n) is 10.3. The fourth-order valence-corrected chi connectivity index (χ4v) is 5.70. The van der Waals surface area contributed by atoms with Crippen molar-refractivity contribution in [1.29, 1.82) is 0 Å². The van der Waals surface area contributed by atoms with E-state index in [2.05, 4.69) is 0 Å². The molecule has 0 bridgehead atoms. The van der Waals surface area contributed by atoms with Crippen molar-refractivity contribution in [3.63, 3.8) is 0 Å². The van der Waals surface area contributed by atoms with Gasteiger partial charge < -0.3 is 10.2 Å². The Balaban J connectivity index is 1.84. The minimum Gasteiger partial charge on any atom is -0.507 e. The fraction of sp³-hybridized carbons (Fsp3) is 0.522. The summed E-state index contributed by atoms with van der Waals surface area (Å²) in [6.07, 6.45) is 0.895. The van der Waals surface area contributed by atoms with Crippen molar-refractivity contribution in [3.05, 3.63) is 28.3 Å². The molecule has 5 atom stereocenters. The average molecular weight is 412 g/mol. The van der Waals surface area contributed by atoms with E-state index in [4.69, 9.17) is 0 Å². The van der Waals surface area contributed by atoms with Crippen LogP contribution >= 0.6 is 0 Å². The van der Waals surface area contributed by atoms with Crippen LogP contribution in [0.2, 0.25) is 0 Å². The minimum absolute atomic E-state index is 0.0888. The molecule has 0 amide bonds. The number of phenolic OH excluding ortho intramolecular Hbond substituents is 1. The van der Waals surface area contributed by atoms with Gasteiger partial charge >= 0.3 is 0 Å². The molecule has 4 rings (SSSR count). The van der Waals surface area contributed by atoms with Gasteiger partial charge in [0.15, 0.2) is 28.7 Å². The number of aliphatic hydroxyl groups is 1. The first-order chi connectivity index (χ1) is 14.0. The van der Waals surface area contributed by atoms with E-state index in [0.29, 0.717) is 24.0 Å². The lowest BCUT2D eigenvalue weighted by molar-refractivity contribution is -0.175. The quantitative estimate of drug-likeness (QED) is 0.701. The van der Waals surface area contributed by atoms with Gasteiger partial charge in [0.1, 0.15) is 17.5 Å². The largest absolute Gasteiger partial charge is 0.507 e. The summed E-state index contributed by atoms with van der Waals surface area (Å²) in [5.41, 5.74) is -0.307. The lowest BCUT2D eigenvalue weighted by Crippen LogP contribution is -2.67. The van der Waals surface area contributed by atoms with E-state index in [1.165, 1.54) is 0 Å². The van der Waals surface area contributed by atoms with E-state index < -0.39 is 58.2 Å². The number of rotatable bonds is 2. The number of aromatic hydroxyl groups is 1. The molecule has 158 valence electrons. The highest BCUT2D eigenvalue weighted by molar-refractivity contribution is 6.31. The monoisotopic (exact) mass is 412 g/mol. The third kappa shape index (κ3) is 2.51. The summed E-state index contributed by atoms with van der Waals surface area (Å²) in [6.45, 7) is 4.69. The first kappa shape index (κ1) is 20.6. The maximum absolute atomic E-state index is 13.4. The maximum atomic E-state index is 13.4. The summed E-state index contributed by atoms with van der Waals surface area (Å²) in [4.78, 5) is 63.9. The topological polar surface area (TPSA) is 126 Å². The molecule has 0 heterocycles. The Labute approximate surface area is 173 Å². The van der Waals surface area contributed by atoms with Gasteiger partial charge in [0, 0.05) is 12.3 Å². The number of carbonyl (C=O) groups is 5. The minimum atomic E-state index is -2.52. The molecule has 7 nitrogen and oxygen atoms in total. The zero-order valence-electron chi connectivity index (χ0n) is 17.2. The molecular weight excluding hydrogens is 388 g/mol. The molecule has 30 heavy (non-hydrogen) atoms. The second-order valence-electron chi connectivity index (χ2n) is 8.86. The molecule has 1 aromatic carbocycles. The number of fused-ring (bicyclic) bond motifs is 3. The summed E-state index contributed by atoms with van der Waals surface area (Å²) in [7, 11) is 0. The number of phenols is 1. The standard InChI is InChI=1S/C23H24O7/c1-4-11-5-9(2)19(26)18-14(11)7-12-6-13-8-15(25)16(10(3)24)21(28)23(13,30)22(29)17(12)20(18)27/h5,12-13,16-17,26,30H,4,6-8H2,1-3H3/t12-,13+,16?,17?,23-/m1/s1. The number of hydrogen-bond acceptors (Lipinski definition) is 7. The van der Waals surface area contributed by atoms with Crippen molar-refractivity contribution >= 4 is 28.9 Å². The van der Waals surface area contributed by atoms with Crippen LogP contribution in [-0.2, 0) is 32.0 Å². The average Bonchev–Trinajstić information content (AvgIpc) is 2.67. The summed E-state index contributed by atoms with van der Waals surface area (Å²) >= 11 is 0. The van der Waals surface area contributed by atoms with Crippen LogP contribution in [0.25, 0.3) is 0 Å². The van der Waals surface area contributed by atoms with Crippen LogP contribution in [-0.4, -0.2) is 44.7 Å². The number of aryl methyl sites for hydroxylation is 2. The molecule has 0 saturated heterocycles. The Morgan fingerprint density at radius 3 is 2.43 bits per heavy atom. The fourth-order valence-electron chi connectivity index (χ4n) is 5.70. The number of Topliss-reactive ketones (excluding diaryl/α,β-unsaturated/α-hetero) is 5. The number of hydrogen-bond donors (Lipinski definition) is 2. The lowest BCUT2D eigenvalue weighted by Gasteiger charge is -2.48. The third-order valence-electron chi connectivity index (χ3n) is 7.19. The Morgan fingerprint density at radius 2 is 1.83 bits per heavy atom. The van der Waals surface area contributed by atoms with Crippen LogP contribution in [0.3, 0.4) is 0 Å². The van der Waals surface area contributed by atoms with E-state index in [9.17, 15) is 34.2 Å². The van der Waals surface area contributed by atoms with Crippen molar-refractivity contribution in [1.82, 2.24) is 0 Å². The molecule has 2 N–H and O–H groups in total. The zero-order valence-corrected chi connectivity index (χ0v) is 17.2. The van der Waals surface area contributed by atoms with E-state index in [-0.39, 0.29) is 24.2 Å². The summed E-state index contributed by atoms with van der Waals surface area (Å²) < 4.78 is 0. The van der Waals surface area contributed by atoms with Gasteiger partial charge in [-0.2, -0.15) is 0 Å². The lowest BCUT2D eigenvalue weighted by atomic mass is 9.53. The Bertz CT molecular complexity index is 1040. The van der Waals surface area contributed by atoms with E-state index in [1.807, 2.05) is 13.0 Å². The number of carbonyl (C=O) groups excluding carboxylic acids is 5. The summed E-state index contributed by atoms with van der Waals surface area (Å²) in [6, 6.07) is 1.83. The van der Waals surface area contributed by atoms with Crippen LogP contribution in [0.15, 0.2) is 6.07 Å². The normalized spacial score (nSPS) is 33.1. The van der Waals surface area contributed by atoms with Crippen molar-refractivity contribution in [2.24, 2.45) is 23.7 Å². The Kier molecular flexibility index (Phi) is 4.58. The van der Waals surface area contributed by atoms with Crippen LogP contribution < -0.4 is 0 Å². The van der Waals surface area contributed by atoms with Gasteiger partial charge in [-0.25, -0.2) is 0 Å². The molecular formula is C23H24O7. The van der Waals surface area contributed by atoms with Crippen molar-refractivity contribution in [3.8, 4) is 5.75 Å². The van der Waals surface area contributed by atoms with Crippen molar-refractivity contribution < 1.29 is 34.2 Å². The predicted octanol–water partition coefficient (Wildman–Crippen LogP) is 1.30. The molecule has 2 saturated carbocycles. The number of benzene rings is 1. The molecule has 7 heteroatoms. The molecule has 2 fully saturated rings. The van der Waals surface area contributed by atoms with Crippen molar-refractivity contribution in [2.45, 2.75) is 52.1 Å². The van der Waals surface area contributed by atoms with Crippen LogP contribution in [0.5, 0.6) is 5.75 Å². The van der Waals surface area contributed by atoms with Gasteiger partial charge in [-0.05, 0) is 55.7 Å². The molecule has 3 aliphatic carbocycles. The van der Waals surface area contributed by atoms with Crippen LogP contribution in [0.1, 0.15) is 53.7 Å². The SMILES string of the molecule is CCc1cc(C)c(O)c2c1C[C@H]1C[C@H]3CC(=O)C(C(C)=O)C(=O)[C@@]3(O)C(=O)C1C2=O. The molecule has 1 aromatic rings. The van der Waals surface area contributed by atoms with Gasteiger partial charge in [0.2, 0.25) is 0 Å². The Hall–Kier alpha value is -2.67. The smallest absolute Gasteiger partial charge is 0.190 e. The maximum Gasteiger partial charge on any atom is 0.190 e. The molecule has 3 aliphatic rings. The molecule has 0 radical (unpaired) electrons. The van der Waals surface area contributed by atoms with Crippen molar-refractivity contribution in [2.75, 3.05) is 0 Å². The Morgan fingerprint density at radius 1 is 1.17 bits per heavy atom. The second-order valence-corrected chi connectivity index (χ2v) is 8.86. The van der Waals surface area contributed by atoms with Gasteiger partial charge in [0.25, 0.3) is 0 Å². The number of ketones is 5. The van der Waals surface area contributed by atoms with E-state index in [1.54, 1.807) is 6.92 Å². The van der Waals surface area contributed by atoms with Gasteiger partial charge in [0.05, 0.1) is 11.5 Å². The second kappa shape index (κ2) is 6.67. The van der Waals surface area contributed by atoms with E-state index in [0.717, 1.165) is 12.5 Å². The van der Waals surface area contributed by atoms with Gasteiger partial charge in [-0.1, -0.05) is 13.0 Å². The molecule has 0 aromatic heterocycles. The van der Waals surface area contributed by atoms with Crippen LogP contribution in [0, 0.1) is 30.6 Å². The third-order valence-corrected chi connectivity index (χ3v) is 7.19. The van der Waals surface area contributed by atoms with Gasteiger partial charge in [-0.3, -0.25) is 24.0 Å². The molecule has 0 aliphatic heterocycles. The highest BCUT2D eigenvalue weighted by Crippen LogP contribution is 2.50. The zero-order chi connectivity index (χ0) is 22.1. The summed E-state index contributed by atoms with van der Waals surface area (Å²) in [5.74, 6) is -8.49. The molecule has 2 unspecified atom stereocenters. The van der Waals surface area contributed by atoms with Gasteiger partial charge in [-0.15, -0.1) is 0 Å². The summed E-state index contributed by atoms with van der Waals surface area (Å²) in [5, 5.41) is 21.7. The highest BCUT2D eigenvalue weighted by Gasteiger charge is 2.65.